The van der Waals surface area contributed by atoms with E-state index in [1.807, 2.05) is 19.2 Å². The van der Waals surface area contributed by atoms with Gasteiger partial charge < -0.3 is 5.32 Å². The summed E-state index contributed by atoms with van der Waals surface area (Å²) in [7, 11) is 2.04. The molecule has 2 atom stereocenters. The van der Waals surface area contributed by atoms with Crippen molar-refractivity contribution >= 4 is 11.6 Å². The molecule has 0 heterocycles. The molecule has 0 aliphatic heterocycles. The molecule has 0 aromatic heterocycles. The number of benzene rings is 2. The highest BCUT2D eigenvalue weighted by atomic mass is 35.5. The van der Waals surface area contributed by atoms with Crippen LogP contribution in [0.3, 0.4) is 0 Å². The minimum absolute atomic E-state index is 0.208. The number of rotatable bonds is 5. The first-order valence-electron chi connectivity index (χ1n) is 7.53. The Balaban J connectivity index is 2.65. The van der Waals surface area contributed by atoms with E-state index in [9.17, 15) is 0 Å². The molecule has 0 spiro atoms. The first-order chi connectivity index (χ1) is 10.0. The van der Waals surface area contributed by atoms with Gasteiger partial charge in [-0.05, 0) is 42.1 Å². The molecule has 0 unspecified atom stereocenters. The molecular weight excluding hydrogens is 278 g/mol. The molecule has 0 saturated heterocycles. The average molecular weight is 302 g/mol. The van der Waals surface area contributed by atoms with Gasteiger partial charge in [0.25, 0.3) is 0 Å². The zero-order valence-corrected chi connectivity index (χ0v) is 14.0. The minimum atomic E-state index is -0.208. The maximum absolute atomic E-state index is 6.07. The Morgan fingerprint density at radius 3 is 1.86 bits per heavy atom. The molecule has 0 aliphatic carbocycles. The third-order valence-corrected chi connectivity index (χ3v) is 4.86. The van der Waals surface area contributed by atoms with Crippen LogP contribution in [0.4, 0.5) is 0 Å². The van der Waals surface area contributed by atoms with Crippen LogP contribution in [0.25, 0.3) is 0 Å². The van der Waals surface area contributed by atoms with E-state index in [-0.39, 0.29) is 5.54 Å². The Labute approximate surface area is 133 Å². The zero-order chi connectivity index (χ0) is 15.5. The van der Waals surface area contributed by atoms with Crippen LogP contribution in [0.15, 0.2) is 54.6 Å². The van der Waals surface area contributed by atoms with Crippen LogP contribution in [0.2, 0.25) is 5.02 Å². The summed E-state index contributed by atoms with van der Waals surface area (Å²) in [6.45, 7) is 6.86. The molecule has 21 heavy (non-hydrogen) atoms. The molecular formula is C19H24ClN. The standard InChI is InChI=1S/C19H24ClN/c1-14(2)15(3)19(21-4,16-8-6-5-7-9-16)17-10-12-18(20)13-11-17/h5-15,21H,1-4H3/t15-,19+/m1/s1. The van der Waals surface area contributed by atoms with E-state index in [0.29, 0.717) is 11.8 Å². The lowest BCUT2D eigenvalue weighted by atomic mass is 9.69. The number of halogens is 1. The molecule has 2 aromatic carbocycles. The van der Waals surface area contributed by atoms with Crippen LogP contribution in [-0.4, -0.2) is 7.05 Å². The topological polar surface area (TPSA) is 12.0 Å². The van der Waals surface area contributed by atoms with Crippen LogP contribution >= 0.6 is 11.6 Å². The predicted molar refractivity (Wildman–Crippen MR) is 91.7 cm³/mol. The first-order valence-corrected chi connectivity index (χ1v) is 7.90. The van der Waals surface area contributed by atoms with E-state index < -0.39 is 0 Å². The Morgan fingerprint density at radius 1 is 0.857 bits per heavy atom. The summed E-state index contributed by atoms with van der Waals surface area (Å²) in [5.41, 5.74) is 2.33. The molecule has 2 rings (SSSR count). The SMILES string of the molecule is CN[C@@](c1ccccc1)(c1ccc(Cl)cc1)[C@H](C)C(C)C. The fourth-order valence-corrected chi connectivity index (χ4v) is 3.25. The lowest BCUT2D eigenvalue weighted by molar-refractivity contribution is 0.230. The maximum atomic E-state index is 6.07. The quantitative estimate of drug-likeness (QED) is 0.810. The van der Waals surface area contributed by atoms with Gasteiger partial charge in [-0.1, -0.05) is 74.8 Å². The van der Waals surface area contributed by atoms with Crippen molar-refractivity contribution < 1.29 is 0 Å². The molecule has 1 N–H and O–H groups in total. The summed E-state index contributed by atoms with van der Waals surface area (Å²) in [5, 5.41) is 4.38. The third-order valence-electron chi connectivity index (χ3n) is 4.61. The third kappa shape index (κ3) is 3.00. The second-order valence-corrected chi connectivity index (χ2v) is 6.40. The van der Waals surface area contributed by atoms with Gasteiger partial charge >= 0.3 is 0 Å². The Bertz CT molecular complexity index is 562. The van der Waals surface area contributed by atoms with Crippen molar-refractivity contribution in [2.24, 2.45) is 11.8 Å². The summed E-state index contributed by atoms with van der Waals surface area (Å²) in [5.74, 6) is 0.986. The van der Waals surface area contributed by atoms with Crippen LogP contribution in [0.1, 0.15) is 31.9 Å². The Kier molecular flexibility index (Phi) is 5.08. The van der Waals surface area contributed by atoms with E-state index in [0.717, 1.165) is 5.02 Å². The second-order valence-electron chi connectivity index (χ2n) is 5.96. The zero-order valence-electron chi connectivity index (χ0n) is 13.2. The molecule has 0 amide bonds. The monoisotopic (exact) mass is 301 g/mol. The van der Waals surface area contributed by atoms with E-state index in [2.05, 4.69) is 68.6 Å². The van der Waals surface area contributed by atoms with E-state index in [4.69, 9.17) is 11.6 Å². The molecule has 1 nitrogen and oxygen atoms in total. The Morgan fingerprint density at radius 2 is 1.38 bits per heavy atom. The Hall–Kier alpha value is -1.31. The van der Waals surface area contributed by atoms with Crippen molar-refractivity contribution in [3.8, 4) is 0 Å². The summed E-state index contributed by atoms with van der Waals surface area (Å²) < 4.78 is 0. The van der Waals surface area contributed by atoms with Crippen molar-refractivity contribution in [3.63, 3.8) is 0 Å². The second kappa shape index (κ2) is 6.64. The van der Waals surface area contributed by atoms with Crippen molar-refractivity contribution in [1.82, 2.24) is 5.32 Å². The van der Waals surface area contributed by atoms with Gasteiger partial charge in [-0.25, -0.2) is 0 Å². The smallest absolute Gasteiger partial charge is 0.0716 e. The first kappa shape index (κ1) is 16.1. The van der Waals surface area contributed by atoms with Gasteiger partial charge in [0.2, 0.25) is 0 Å². The highest BCUT2D eigenvalue weighted by Gasteiger charge is 2.39. The van der Waals surface area contributed by atoms with Crippen LogP contribution in [-0.2, 0) is 5.54 Å². The highest BCUT2D eigenvalue weighted by molar-refractivity contribution is 6.30. The van der Waals surface area contributed by atoms with Gasteiger partial charge in [0, 0.05) is 5.02 Å². The molecule has 0 radical (unpaired) electrons. The van der Waals surface area contributed by atoms with Gasteiger partial charge in [-0.2, -0.15) is 0 Å². The van der Waals surface area contributed by atoms with E-state index in [1.54, 1.807) is 0 Å². The molecule has 2 heteroatoms. The number of nitrogens with one attached hydrogen (secondary N) is 1. The van der Waals surface area contributed by atoms with Crippen LogP contribution in [0.5, 0.6) is 0 Å². The van der Waals surface area contributed by atoms with Gasteiger partial charge in [-0.3, -0.25) is 0 Å². The van der Waals surface area contributed by atoms with E-state index >= 15 is 0 Å². The van der Waals surface area contributed by atoms with Crippen molar-refractivity contribution in [1.29, 1.82) is 0 Å². The molecule has 0 fully saturated rings. The van der Waals surface area contributed by atoms with Crippen molar-refractivity contribution in [2.75, 3.05) is 7.05 Å². The fraction of sp³-hybridized carbons (Fsp3) is 0.368. The predicted octanol–water partition coefficient (Wildman–Crippen LogP) is 5.10. The van der Waals surface area contributed by atoms with Gasteiger partial charge in [-0.15, -0.1) is 0 Å². The lowest BCUT2D eigenvalue weighted by Gasteiger charge is -2.42. The number of hydrogen-bond donors (Lipinski definition) is 1. The summed E-state index contributed by atoms with van der Waals surface area (Å²) in [6, 6.07) is 18.9. The minimum Gasteiger partial charge on any atom is -0.307 e. The summed E-state index contributed by atoms with van der Waals surface area (Å²) >= 11 is 6.07. The van der Waals surface area contributed by atoms with Gasteiger partial charge in [0.05, 0.1) is 5.54 Å². The highest BCUT2D eigenvalue weighted by Crippen LogP contribution is 2.40. The normalized spacial score (nSPS) is 15.7. The number of hydrogen-bond acceptors (Lipinski definition) is 1. The van der Waals surface area contributed by atoms with Crippen molar-refractivity contribution in [2.45, 2.75) is 26.3 Å². The largest absolute Gasteiger partial charge is 0.307 e. The molecule has 0 aliphatic rings. The maximum Gasteiger partial charge on any atom is 0.0716 e. The van der Waals surface area contributed by atoms with Gasteiger partial charge in [0.1, 0.15) is 0 Å². The summed E-state index contributed by atoms with van der Waals surface area (Å²) in [6.07, 6.45) is 0. The van der Waals surface area contributed by atoms with Crippen molar-refractivity contribution in [3.05, 3.63) is 70.7 Å². The molecule has 0 saturated carbocycles. The lowest BCUT2D eigenvalue weighted by Crippen LogP contribution is -2.48. The summed E-state index contributed by atoms with van der Waals surface area (Å²) in [4.78, 5) is 0. The van der Waals surface area contributed by atoms with Crippen LogP contribution in [0, 0.1) is 11.8 Å². The molecule has 0 bridgehead atoms. The van der Waals surface area contributed by atoms with Gasteiger partial charge in [0.15, 0.2) is 0 Å². The molecule has 2 aromatic rings. The average Bonchev–Trinajstić information content (AvgIpc) is 2.51. The molecule has 112 valence electrons. The van der Waals surface area contributed by atoms with Crippen LogP contribution < -0.4 is 5.32 Å². The fourth-order valence-electron chi connectivity index (χ4n) is 3.12. The van der Waals surface area contributed by atoms with E-state index in [1.165, 1.54) is 11.1 Å².